The van der Waals surface area contributed by atoms with Gasteiger partial charge in [-0.1, -0.05) is 43.5 Å². The van der Waals surface area contributed by atoms with Crippen molar-refractivity contribution in [1.82, 2.24) is 4.90 Å². The number of esters is 1. The van der Waals surface area contributed by atoms with E-state index in [9.17, 15) is 4.79 Å². The van der Waals surface area contributed by atoms with Crippen LogP contribution in [0.1, 0.15) is 86.5 Å². The first-order valence-corrected chi connectivity index (χ1v) is 20.0. The van der Waals surface area contributed by atoms with Gasteiger partial charge in [0.25, 0.3) is 0 Å². The molecule has 0 N–H and O–H groups in total. The largest absolute Gasteiger partial charge is 0.493 e. The summed E-state index contributed by atoms with van der Waals surface area (Å²) in [6.45, 7) is 1.82. The molecule has 1 saturated heterocycles. The Morgan fingerprint density at radius 1 is 0.696 bits per heavy atom. The number of fused-ring (bicyclic) bond motifs is 12. The lowest BCUT2D eigenvalue weighted by atomic mass is 9.75. The van der Waals surface area contributed by atoms with Gasteiger partial charge in [0.05, 0.1) is 47.6 Å². The molecule has 3 heterocycles. The maximum atomic E-state index is 15.1. The monoisotopic (exact) mass is 771 g/mol. The SMILES string of the molecule is COc1ccc(CC[C@H]2OC(=O)[C@@H]3CCCCN3C(=O)[C@@H](C3CCCCC3)c3cc(OC)c(c(OC)c3)OCCOC/C=C/COc3cccc2c3)cc1OC. The van der Waals surface area contributed by atoms with Crippen molar-refractivity contribution in [2.45, 2.75) is 82.3 Å². The molecule has 11 nitrogen and oxygen atoms in total. The molecule has 7 rings (SSSR count). The summed E-state index contributed by atoms with van der Waals surface area (Å²) in [5.41, 5.74) is 2.62. The lowest BCUT2D eigenvalue weighted by Gasteiger charge is -2.40. The molecular formula is C45H57NO10. The highest BCUT2D eigenvalue weighted by Crippen LogP contribution is 2.45. The number of ether oxygens (including phenoxy) is 8. The molecule has 302 valence electrons. The maximum Gasteiger partial charge on any atom is 0.329 e. The van der Waals surface area contributed by atoms with Gasteiger partial charge in [-0.15, -0.1) is 0 Å². The summed E-state index contributed by atoms with van der Waals surface area (Å²) in [5, 5.41) is 0. The average Bonchev–Trinajstić information content (AvgIpc) is 3.24. The van der Waals surface area contributed by atoms with Crippen LogP contribution in [0.15, 0.2) is 66.7 Å². The Hall–Kier alpha value is -4.90. The predicted molar refractivity (Wildman–Crippen MR) is 212 cm³/mol. The molecule has 0 aromatic heterocycles. The zero-order valence-electron chi connectivity index (χ0n) is 33.3. The molecule has 4 bridgehead atoms. The molecule has 4 aliphatic rings. The first-order valence-electron chi connectivity index (χ1n) is 20.0. The van der Waals surface area contributed by atoms with Crippen LogP contribution in [0.5, 0.6) is 34.5 Å². The molecule has 11 heteroatoms. The van der Waals surface area contributed by atoms with E-state index < -0.39 is 24.0 Å². The van der Waals surface area contributed by atoms with E-state index >= 15 is 4.79 Å². The molecule has 3 aromatic rings. The summed E-state index contributed by atoms with van der Waals surface area (Å²) < 4.78 is 47.3. The van der Waals surface area contributed by atoms with E-state index in [0.29, 0.717) is 80.1 Å². The highest BCUT2D eigenvalue weighted by molar-refractivity contribution is 5.89. The summed E-state index contributed by atoms with van der Waals surface area (Å²) >= 11 is 0. The van der Waals surface area contributed by atoms with Crippen molar-refractivity contribution < 1.29 is 47.5 Å². The first-order chi connectivity index (χ1) is 27.4. The van der Waals surface area contributed by atoms with Crippen LogP contribution in [0.3, 0.4) is 0 Å². The maximum absolute atomic E-state index is 15.1. The molecule has 3 atom stereocenters. The van der Waals surface area contributed by atoms with Crippen LogP contribution in [0.4, 0.5) is 0 Å². The second-order valence-electron chi connectivity index (χ2n) is 14.6. The van der Waals surface area contributed by atoms with Crippen molar-refractivity contribution >= 4 is 11.9 Å². The number of aryl methyl sites for hydroxylation is 1. The molecule has 3 aromatic carbocycles. The Bertz CT molecular complexity index is 1760. The first kappa shape index (κ1) is 40.8. The highest BCUT2D eigenvalue weighted by atomic mass is 16.6. The molecule has 1 aliphatic carbocycles. The van der Waals surface area contributed by atoms with Gasteiger partial charge >= 0.3 is 5.97 Å². The third kappa shape index (κ3) is 10.1. The minimum atomic E-state index is -0.719. The number of carbonyl (C=O) groups is 2. The van der Waals surface area contributed by atoms with E-state index in [2.05, 4.69) is 0 Å². The third-order valence-corrected chi connectivity index (χ3v) is 11.1. The van der Waals surface area contributed by atoms with Gasteiger partial charge < -0.3 is 42.8 Å². The fourth-order valence-corrected chi connectivity index (χ4v) is 8.21. The molecule has 1 saturated carbocycles. The van der Waals surface area contributed by atoms with Gasteiger partial charge in [0.15, 0.2) is 23.0 Å². The molecular weight excluding hydrogens is 714 g/mol. The zero-order valence-corrected chi connectivity index (χ0v) is 33.3. The van der Waals surface area contributed by atoms with Crippen molar-refractivity contribution in [2.24, 2.45) is 5.92 Å². The Morgan fingerprint density at radius 3 is 2.18 bits per heavy atom. The number of rotatable bonds is 8. The summed E-state index contributed by atoms with van der Waals surface area (Å²) in [6.07, 6.45) is 11.6. The topological polar surface area (TPSA) is 111 Å². The van der Waals surface area contributed by atoms with Gasteiger partial charge in [-0.25, -0.2) is 4.79 Å². The number of carbonyl (C=O) groups excluding carboxylic acids is 2. The van der Waals surface area contributed by atoms with Crippen LogP contribution in [-0.4, -0.2) is 84.2 Å². The van der Waals surface area contributed by atoms with E-state index in [1.165, 1.54) is 0 Å². The standard InChI is InChI=1S/C45H57NO10/c1-49-38-21-19-31(27-39(38)50-2)18-20-37-33-15-12-16-35(28-33)54-24-11-10-23-53-25-26-55-43-40(51-3)29-34(30-41(43)52-4)42(32-13-6-5-7-14-32)44(47)46-22-9-8-17-36(46)45(48)56-37/h10-12,15-16,19,21,27-30,32,36-37,42H,5-9,13-14,17-18,20,22-26H2,1-4H3/b11-10+/t36-,37+,42-/m0/s1. The fourth-order valence-electron chi connectivity index (χ4n) is 8.21. The van der Waals surface area contributed by atoms with Gasteiger partial charge in [0.1, 0.15) is 31.1 Å². The van der Waals surface area contributed by atoms with Gasteiger partial charge in [-0.3, -0.25) is 4.79 Å². The van der Waals surface area contributed by atoms with Crippen molar-refractivity contribution in [2.75, 3.05) is 61.4 Å². The molecule has 0 radical (unpaired) electrons. The Labute approximate surface area is 331 Å². The number of nitrogens with zero attached hydrogens (tertiary/aromatic N) is 1. The molecule has 2 fully saturated rings. The van der Waals surface area contributed by atoms with Crippen LogP contribution in [0, 0.1) is 5.92 Å². The zero-order chi connectivity index (χ0) is 39.3. The normalized spacial score (nSPS) is 22.1. The summed E-state index contributed by atoms with van der Waals surface area (Å²) in [6, 6.07) is 16.6. The summed E-state index contributed by atoms with van der Waals surface area (Å²) in [7, 11) is 6.40. The second-order valence-corrected chi connectivity index (χ2v) is 14.6. The second kappa shape index (κ2) is 20.3. The van der Waals surface area contributed by atoms with E-state index in [-0.39, 0.29) is 18.4 Å². The van der Waals surface area contributed by atoms with Gasteiger partial charge in [-0.2, -0.15) is 0 Å². The van der Waals surface area contributed by atoms with Crippen LogP contribution >= 0.6 is 0 Å². The number of amides is 1. The van der Waals surface area contributed by atoms with E-state index in [4.69, 9.17) is 37.9 Å². The quantitative estimate of drug-likeness (QED) is 0.165. The third-order valence-electron chi connectivity index (χ3n) is 11.1. The predicted octanol–water partition coefficient (Wildman–Crippen LogP) is 8.03. The minimum absolute atomic E-state index is 0.0621. The number of methoxy groups -OCH3 is 4. The lowest BCUT2D eigenvalue weighted by molar-refractivity contribution is -0.163. The number of benzene rings is 3. The van der Waals surface area contributed by atoms with Gasteiger partial charge in [-0.05, 0) is 110 Å². The lowest BCUT2D eigenvalue weighted by Crippen LogP contribution is -2.51. The smallest absolute Gasteiger partial charge is 0.329 e. The molecule has 0 unspecified atom stereocenters. The Balaban J connectivity index is 1.36. The van der Waals surface area contributed by atoms with Crippen LogP contribution < -0.4 is 28.4 Å². The van der Waals surface area contributed by atoms with Crippen LogP contribution in [0.2, 0.25) is 0 Å². The average molecular weight is 772 g/mol. The van der Waals surface area contributed by atoms with Crippen molar-refractivity contribution in [3.8, 4) is 34.5 Å². The van der Waals surface area contributed by atoms with E-state index in [1.807, 2.05) is 66.7 Å². The van der Waals surface area contributed by atoms with Crippen molar-refractivity contribution in [1.29, 1.82) is 0 Å². The van der Waals surface area contributed by atoms with Gasteiger partial charge in [0.2, 0.25) is 11.7 Å². The molecule has 3 aliphatic heterocycles. The Kier molecular flexibility index (Phi) is 14.8. The molecule has 56 heavy (non-hydrogen) atoms. The van der Waals surface area contributed by atoms with E-state index in [0.717, 1.165) is 61.6 Å². The number of hydrogen-bond acceptors (Lipinski definition) is 10. The van der Waals surface area contributed by atoms with E-state index in [1.54, 1.807) is 33.3 Å². The highest BCUT2D eigenvalue weighted by Gasteiger charge is 2.41. The Morgan fingerprint density at radius 2 is 1.43 bits per heavy atom. The number of hydrogen-bond donors (Lipinski definition) is 0. The number of piperidine rings is 1. The molecule has 0 spiro atoms. The van der Waals surface area contributed by atoms with Crippen molar-refractivity contribution in [3.05, 3.63) is 83.4 Å². The summed E-state index contributed by atoms with van der Waals surface area (Å²) in [5.74, 6) is 2.51. The minimum Gasteiger partial charge on any atom is -0.493 e. The molecule has 1 amide bonds. The summed E-state index contributed by atoms with van der Waals surface area (Å²) in [4.78, 5) is 31.4. The van der Waals surface area contributed by atoms with Crippen LogP contribution in [0.25, 0.3) is 0 Å². The van der Waals surface area contributed by atoms with Gasteiger partial charge in [0, 0.05) is 6.54 Å². The fraction of sp³-hybridized carbons (Fsp3) is 0.511. The van der Waals surface area contributed by atoms with Crippen LogP contribution in [-0.2, 0) is 25.5 Å². The van der Waals surface area contributed by atoms with Crippen molar-refractivity contribution in [3.63, 3.8) is 0 Å².